The van der Waals surface area contributed by atoms with Crippen molar-refractivity contribution in [2.24, 2.45) is 0 Å². The molecule has 2 aromatic rings. The molecule has 0 unspecified atom stereocenters. The van der Waals surface area contributed by atoms with E-state index in [1.165, 1.54) is 4.90 Å². The summed E-state index contributed by atoms with van der Waals surface area (Å²) in [5, 5.41) is 3.00. The molecule has 20 heavy (non-hydrogen) atoms. The molecule has 1 aliphatic heterocycles. The van der Waals surface area contributed by atoms with Gasteiger partial charge < -0.3 is 10.2 Å². The van der Waals surface area contributed by atoms with Gasteiger partial charge in [-0.2, -0.15) is 0 Å². The van der Waals surface area contributed by atoms with E-state index < -0.39 is 11.6 Å². The fourth-order valence-electron chi connectivity index (χ4n) is 2.27. The molecule has 5 heteroatoms. The Balaban J connectivity index is 1.97. The van der Waals surface area contributed by atoms with Crippen molar-refractivity contribution in [2.45, 2.75) is 6.54 Å². The summed E-state index contributed by atoms with van der Waals surface area (Å²) < 4.78 is 26.9. The lowest BCUT2D eigenvalue weighted by Crippen LogP contribution is -2.39. The summed E-state index contributed by atoms with van der Waals surface area (Å²) in [6.07, 6.45) is 0. The van der Waals surface area contributed by atoms with Crippen LogP contribution in [0, 0.1) is 11.6 Å². The van der Waals surface area contributed by atoms with E-state index in [2.05, 4.69) is 5.32 Å². The first kappa shape index (κ1) is 12.6. The molecule has 0 aromatic heterocycles. The van der Waals surface area contributed by atoms with E-state index in [1.807, 2.05) is 12.1 Å². The maximum atomic E-state index is 13.7. The normalized spacial score (nSPS) is 13.9. The lowest BCUT2D eigenvalue weighted by atomic mass is 10.1. The zero-order chi connectivity index (χ0) is 14.1. The Bertz CT molecular complexity index is 673. The topological polar surface area (TPSA) is 32.3 Å². The largest absolute Gasteiger partial charge is 0.374 e. The predicted octanol–water partition coefficient (Wildman–Crippen LogP) is 2.92. The third-order valence-corrected chi connectivity index (χ3v) is 3.26. The third-order valence-electron chi connectivity index (χ3n) is 3.26. The minimum absolute atomic E-state index is 0.0150. The smallest absolute Gasteiger partial charge is 0.246 e. The molecule has 3 rings (SSSR count). The second-order valence-corrected chi connectivity index (χ2v) is 4.59. The molecule has 0 aliphatic carbocycles. The van der Waals surface area contributed by atoms with Crippen LogP contribution >= 0.6 is 0 Å². The van der Waals surface area contributed by atoms with Gasteiger partial charge in [-0.1, -0.05) is 12.1 Å². The highest BCUT2D eigenvalue weighted by molar-refractivity contribution is 6.02. The van der Waals surface area contributed by atoms with Crippen LogP contribution in [0.15, 0.2) is 42.5 Å². The van der Waals surface area contributed by atoms with Crippen LogP contribution in [0.25, 0.3) is 0 Å². The molecule has 0 saturated heterocycles. The Kier molecular flexibility index (Phi) is 3.10. The van der Waals surface area contributed by atoms with Crippen LogP contribution in [0.1, 0.15) is 5.56 Å². The average molecular weight is 274 g/mol. The Morgan fingerprint density at radius 1 is 1.15 bits per heavy atom. The number of rotatable bonds is 2. The molecule has 3 nitrogen and oxygen atoms in total. The first-order chi connectivity index (χ1) is 9.65. The van der Waals surface area contributed by atoms with Crippen LogP contribution < -0.4 is 10.2 Å². The monoisotopic (exact) mass is 274 g/mol. The summed E-state index contributed by atoms with van der Waals surface area (Å²) in [6.45, 7) is 0.162. The highest BCUT2D eigenvalue weighted by Crippen LogP contribution is 2.30. The standard InChI is InChI=1S/C15H12F2N2O/c16-11-5-6-12(17)10(7-11)9-19-14-4-2-1-3-13(14)18-8-15(19)20/h1-7,18H,8-9H2. The van der Waals surface area contributed by atoms with Gasteiger partial charge in [0, 0.05) is 5.56 Å². The van der Waals surface area contributed by atoms with E-state index in [0.717, 1.165) is 23.9 Å². The quantitative estimate of drug-likeness (QED) is 0.913. The summed E-state index contributed by atoms with van der Waals surface area (Å²) >= 11 is 0. The van der Waals surface area contributed by atoms with Gasteiger partial charge in [0.25, 0.3) is 0 Å². The van der Waals surface area contributed by atoms with Gasteiger partial charge in [-0.3, -0.25) is 4.79 Å². The Morgan fingerprint density at radius 2 is 1.95 bits per heavy atom. The molecule has 2 aromatic carbocycles. The first-order valence-corrected chi connectivity index (χ1v) is 6.22. The van der Waals surface area contributed by atoms with Crippen molar-refractivity contribution in [3.8, 4) is 0 Å². The molecule has 0 saturated carbocycles. The van der Waals surface area contributed by atoms with Gasteiger partial charge in [-0.25, -0.2) is 8.78 Å². The Morgan fingerprint density at radius 3 is 2.80 bits per heavy atom. The Labute approximate surface area is 114 Å². The lowest BCUT2D eigenvalue weighted by molar-refractivity contribution is -0.117. The van der Waals surface area contributed by atoms with E-state index in [-0.39, 0.29) is 24.6 Å². The van der Waals surface area contributed by atoms with Crippen molar-refractivity contribution < 1.29 is 13.6 Å². The molecular weight excluding hydrogens is 262 g/mol. The van der Waals surface area contributed by atoms with Gasteiger partial charge in [-0.05, 0) is 30.3 Å². The minimum Gasteiger partial charge on any atom is -0.374 e. The number of fused-ring (bicyclic) bond motifs is 1. The Hall–Kier alpha value is -2.43. The van der Waals surface area contributed by atoms with Crippen molar-refractivity contribution in [3.05, 3.63) is 59.7 Å². The number of hydrogen-bond donors (Lipinski definition) is 1. The summed E-state index contributed by atoms with van der Waals surface area (Å²) in [4.78, 5) is 13.5. The highest BCUT2D eigenvalue weighted by atomic mass is 19.1. The molecular formula is C15H12F2N2O. The number of anilines is 2. The highest BCUT2D eigenvalue weighted by Gasteiger charge is 2.24. The second kappa shape index (κ2) is 4.92. The van der Waals surface area contributed by atoms with Crippen molar-refractivity contribution in [3.63, 3.8) is 0 Å². The maximum Gasteiger partial charge on any atom is 0.246 e. The van der Waals surface area contributed by atoms with Crippen molar-refractivity contribution >= 4 is 17.3 Å². The summed E-state index contributed by atoms with van der Waals surface area (Å²) in [7, 11) is 0. The summed E-state index contributed by atoms with van der Waals surface area (Å²) in [5.74, 6) is -1.21. The zero-order valence-electron chi connectivity index (χ0n) is 10.6. The maximum absolute atomic E-state index is 13.7. The molecule has 0 bridgehead atoms. The van der Waals surface area contributed by atoms with E-state index in [1.54, 1.807) is 12.1 Å². The van der Waals surface area contributed by atoms with E-state index >= 15 is 0 Å². The van der Waals surface area contributed by atoms with Gasteiger partial charge in [-0.15, -0.1) is 0 Å². The number of carbonyl (C=O) groups is 1. The van der Waals surface area contributed by atoms with Gasteiger partial charge in [0.05, 0.1) is 24.5 Å². The number of nitrogens with one attached hydrogen (secondary N) is 1. The van der Waals surface area contributed by atoms with Crippen molar-refractivity contribution in [2.75, 3.05) is 16.8 Å². The third kappa shape index (κ3) is 2.22. The first-order valence-electron chi connectivity index (χ1n) is 6.22. The van der Waals surface area contributed by atoms with Crippen LogP contribution in [0.5, 0.6) is 0 Å². The van der Waals surface area contributed by atoms with Crippen LogP contribution in [-0.4, -0.2) is 12.5 Å². The average Bonchev–Trinajstić information content (AvgIpc) is 2.46. The number of halogens is 2. The van der Waals surface area contributed by atoms with Crippen LogP contribution in [-0.2, 0) is 11.3 Å². The number of nitrogens with zero attached hydrogens (tertiary/aromatic N) is 1. The van der Waals surface area contributed by atoms with E-state index in [4.69, 9.17) is 0 Å². The number of carbonyl (C=O) groups excluding carboxylic acids is 1. The van der Waals surface area contributed by atoms with Gasteiger partial charge in [0.1, 0.15) is 11.6 Å². The molecule has 0 fully saturated rings. The molecule has 1 heterocycles. The molecule has 1 amide bonds. The molecule has 1 N–H and O–H groups in total. The number of benzene rings is 2. The number of hydrogen-bond acceptors (Lipinski definition) is 2. The second-order valence-electron chi connectivity index (χ2n) is 4.59. The molecule has 1 aliphatic rings. The number of para-hydroxylation sites is 2. The summed E-state index contributed by atoms with van der Waals surface area (Å²) in [6, 6.07) is 10.5. The van der Waals surface area contributed by atoms with Gasteiger partial charge >= 0.3 is 0 Å². The van der Waals surface area contributed by atoms with Crippen LogP contribution in [0.2, 0.25) is 0 Å². The molecule has 0 radical (unpaired) electrons. The summed E-state index contributed by atoms with van der Waals surface area (Å²) in [5.41, 5.74) is 1.64. The molecule has 0 spiro atoms. The lowest BCUT2D eigenvalue weighted by Gasteiger charge is -2.30. The minimum atomic E-state index is -0.518. The fraction of sp³-hybridized carbons (Fsp3) is 0.133. The SMILES string of the molecule is O=C1CNc2ccccc2N1Cc1cc(F)ccc1F. The van der Waals surface area contributed by atoms with Crippen molar-refractivity contribution in [1.82, 2.24) is 0 Å². The molecule has 102 valence electrons. The zero-order valence-corrected chi connectivity index (χ0v) is 10.6. The van der Waals surface area contributed by atoms with Gasteiger partial charge in [0.2, 0.25) is 5.91 Å². The van der Waals surface area contributed by atoms with Gasteiger partial charge in [0.15, 0.2) is 0 Å². The van der Waals surface area contributed by atoms with E-state index in [0.29, 0.717) is 5.69 Å². The van der Waals surface area contributed by atoms with Crippen molar-refractivity contribution in [1.29, 1.82) is 0 Å². The number of amides is 1. The predicted molar refractivity (Wildman–Crippen MR) is 72.5 cm³/mol. The van der Waals surface area contributed by atoms with E-state index in [9.17, 15) is 13.6 Å². The molecule has 0 atom stereocenters. The fourth-order valence-corrected chi connectivity index (χ4v) is 2.27. The van der Waals surface area contributed by atoms with Crippen LogP contribution in [0.4, 0.5) is 20.2 Å². The van der Waals surface area contributed by atoms with Crippen LogP contribution in [0.3, 0.4) is 0 Å².